The number of nitrogens with one attached hydrogen (secondary N) is 1. The lowest BCUT2D eigenvalue weighted by Crippen LogP contribution is -2.49. The molecule has 2 aromatic carbocycles. The molecular weight excluding hydrogens is 497 g/mol. The van der Waals surface area contributed by atoms with Crippen molar-refractivity contribution in [3.8, 4) is 5.75 Å². The number of carbonyl (C=O) groups excluding carboxylic acids is 1. The molecule has 1 fully saturated rings. The third-order valence-corrected chi connectivity index (χ3v) is 6.70. The minimum absolute atomic E-state index is 0.0842. The molecule has 0 spiro atoms. The molecule has 1 saturated heterocycles. The van der Waals surface area contributed by atoms with E-state index in [1.54, 1.807) is 12.1 Å². The number of hydrogen-bond acceptors (Lipinski definition) is 5. The quantitative estimate of drug-likeness (QED) is 0.455. The minimum atomic E-state index is -3.66. The van der Waals surface area contributed by atoms with Crippen molar-refractivity contribution in [2.75, 3.05) is 32.5 Å². The molecule has 10 heteroatoms. The predicted molar refractivity (Wildman–Crippen MR) is 144 cm³/mol. The molecule has 0 atom stereocenters. The van der Waals surface area contributed by atoms with Crippen LogP contribution >= 0.6 is 0 Å². The molecule has 2 aromatic rings. The van der Waals surface area contributed by atoms with Crippen LogP contribution in [0.1, 0.15) is 44.7 Å². The third kappa shape index (κ3) is 11.9. The van der Waals surface area contributed by atoms with Crippen molar-refractivity contribution >= 4 is 16.1 Å². The van der Waals surface area contributed by atoms with Crippen LogP contribution in [0.4, 0.5) is 9.18 Å². The van der Waals surface area contributed by atoms with Crippen LogP contribution in [0.15, 0.2) is 48.5 Å². The van der Waals surface area contributed by atoms with Crippen LogP contribution in [0.5, 0.6) is 5.75 Å². The molecule has 0 bridgehead atoms. The molecule has 2 amide bonds. The maximum Gasteiger partial charge on any atom is 0.318 e. The fourth-order valence-corrected chi connectivity index (χ4v) is 3.71. The van der Waals surface area contributed by atoms with Crippen molar-refractivity contribution in [1.82, 2.24) is 15.1 Å². The number of hydrogen-bond donors (Lipinski definition) is 2. The molecule has 1 heterocycles. The zero-order chi connectivity index (χ0) is 27.4. The van der Waals surface area contributed by atoms with Crippen molar-refractivity contribution in [3.05, 3.63) is 65.5 Å². The van der Waals surface area contributed by atoms with Crippen LogP contribution in [-0.2, 0) is 23.2 Å². The average molecular weight is 538 g/mol. The highest BCUT2D eigenvalue weighted by Crippen LogP contribution is 2.19. The minimum Gasteiger partial charge on any atom is -0.493 e. The second-order valence-corrected chi connectivity index (χ2v) is 11.4. The second-order valence-electron chi connectivity index (χ2n) is 9.67. The molecule has 0 saturated carbocycles. The number of likely N-dealkylation sites (tertiary alicyclic amines) is 1. The summed E-state index contributed by atoms with van der Waals surface area (Å²) in [5.74, 6) is 0.853. The SMILES string of the molecule is CC(C)COc1ccc(CNC(=O)N(Cc2ccc(F)cc2)C2CCN(C)CC2)cc1.CCS(=O)(=O)O. The zero-order valence-electron chi connectivity index (χ0n) is 22.2. The molecule has 0 unspecified atom stereocenters. The lowest BCUT2D eigenvalue weighted by Gasteiger charge is -2.37. The Bertz CT molecular complexity index is 1050. The van der Waals surface area contributed by atoms with Crippen molar-refractivity contribution in [3.63, 3.8) is 0 Å². The highest BCUT2D eigenvalue weighted by Gasteiger charge is 2.27. The number of urea groups is 1. The number of rotatable bonds is 9. The summed E-state index contributed by atoms with van der Waals surface area (Å²) in [6.45, 7) is 9.15. The van der Waals surface area contributed by atoms with E-state index in [2.05, 4.69) is 31.1 Å². The maximum absolute atomic E-state index is 13.3. The first-order valence-electron chi connectivity index (χ1n) is 12.6. The van der Waals surface area contributed by atoms with Crippen LogP contribution < -0.4 is 10.1 Å². The van der Waals surface area contributed by atoms with E-state index < -0.39 is 10.1 Å². The Labute approximate surface area is 220 Å². The Morgan fingerprint density at radius 3 is 2.16 bits per heavy atom. The van der Waals surface area contributed by atoms with E-state index in [0.29, 0.717) is 25.6 Å². The number of ether oxygens (including phenoxy) is 1. The van der Waals surface area contributed by atoms with Crippen molar-refractivity contribution in [1.29, 1.82) is 0 Å². The second kappa shape index (κ2) is 14.9. The average Bonchev–Trinajstić information content (AvgIpc) is 2.87. The van der Waals surface area contributed by atoms with Gasteiger partial charge in [0.25, 0.3) is 10.1 Å². The van der Waals surface area contributed by atoms with E-state index in [1.807, 2.05) is 29.2 Å². The van der Waals surface area contributed by atoms with E-state index in [4.69, 9.17) is 9.29 Å². The van der Waals surface area contributed by atoms with Gasteiger partial charge in [-0.15, -0.1) is 0 Å². The van der Waals surface area contributed by atoms with Crippen LogP contribution in [0.2, 0.25) is 0 Å². The Balaban J connectivity index is 0.000000717. The van der Waals surface area contributed by atoms with Crippen LogP contribution in [0, 0.1) is 11.7 Å². The summed E-state index contributed by atoms with van der Waals surface area (Å²) in [6, 6.07) is 14.3. The van der Waals surface area contributed by atoms with Gasteiger partial charge >= 0.3 is 6.03 Å². The van der Waals surface area contributed by atoms with Crippen molar-refractivity contribution < 1.29 is 26.9 Å². The maximum atomic E-state index is 13.3. The summed E-state index contributed by atoms with van der Waals surface area (Å²) in [5, 5.41) is 3.07. The first-order valence-corrected chi connectivity index (χ1v) is 14.2. The Morgan fingerprint density at radius 1 is 1.11 bits per heavy atom. The standard InChI is InChI=1S/C25H34FN3O2.C2H6O3S/c1-19(2)18-31-24-10-6-20(7-11-24)16-27-25(30)29(23-12-14-28(3)15-13-23)17-21-4-8-22(26)9-5-21;1-2-6(3,4)5/h4-11,19,23H,12-18H2,1-3H3,(H,27,30);2H2,1H3,(H,3,4,5). The molecule has 3 rings (SSSR count). The summed E-state index contributed by atoms with van der Waals surface area (Å²) in [6.07, 6.45) is 1.88. The summed E-state index contributed by atoms with van der Waals surface area (Å²) < 4.78 is 45.9. The number of benzene rings is 2. The molecule has 8 nitrogen and oxygen atoms in total. The van der Waals surface area contributed by atoms with Gasteiger partial charge in [-0.1, -0.05) is 38.1 Å². The van der Waals surface area contributed by atoms with Gasteiger partial charge in [0.2, 0.25) is 0 Å². The van der Waals surface area contributed by atoms with Gasteiger partial charge in [0.15, 0.2) is 0 Å². The number of carbonyl (C=O) groups is 1. The van der Waals surface area contributed by atoms with Gasteiger partial charge < -0.3 is 19.9 Å². The van der Waals surface area contributed by atoms with Gasteiger partial charge in [-0.2, -0.15) is 8.42 Å². The molecule has 1 aliphatic heterocycles. The summed E-state index contributed by atoms with van der Waals surface area (Å²) in [7, 11) is -1.56. The van der Waals surface area contributed by atoms with Gasteiger partial charge in [0, 0.05) is 19.1 Å². The van der Waals surface area contributed by atoms with E-state index in [0.717, 1.165) is 42.8 Å². The largest absolute Gasteiger partial charge is 0.493 e. The van der Waals surface area contributed by atoms with Gasteiger partial charge in [-0.3, -0.25) is 4.55 Å². The summed E-state index contributed by atoms with van der Waals surface area (Å²) in [4.78, 5) is 17.3. The number of halogens is 1. The zero-order valence-corrected chi connectivity index (χ0v) is 23.0. The third-order valence-electron chi connectivity index (χ3n) is 5.97. The summed E-state index contributed by atoms with van der Waals surface area (Å²) >= 11 is 0. The first-order chi connectivity index (χ1) is 17.5. The Morgan fingerprint density at radius 2 is 1.65 bits per heavy atom. The van der Waals surface area contributed by atoms with Crippen molar-refractivity contribution in [2.24, 2.45) is 5.92 Å². The Kier molecular flexibility index (Phi) is 12.3. The topological polar surface area (TPSA) is 99.2 Å². The summed E-state index contributed by atoms with van der Waals surface area (Å²) in [5.41, 5.74) is 1.96. The van der Waals surface area contributed by atoms with Crippen molar-refractivity contribution in [2.45, 2.75) is 52.7 Å². The molecule has 0 radical (unpaired) electrons. The molecule has 2 N–H and O–H groups in total. The molecule has 0 aliphatic carbocycles. The molecule has 0 aromatic heterocycles. The normalized spacial score (nSPS) is 14.6. The fourth-order valence-electron chi connectivity index (χ4n) is 3.71. The monoisotopic (exact) mass is 537 g/mol. The van der Waals surface area contributed by atoms with Crippen LogP contribution in [0.25, 0.3) is 0 Å². The lowest BCUT2D eigenvalue weighted by molar-refractivity contribution is 0.127. The van der Waals surface area contributed by atoms with Crippen LogP contribution in [0.3, 0.4) is 0 Å². The van der Waals surface area contributed by atoms with E-state index in [9.17, 15) is 17.6 Å². The van der Waals surface area contributed by atoms with Gasteiger partial charge in [0.05, 0.1) is 12.4 Å². The molecular formula is C27H40FN3O5S. The van der Waals surface area contributed by atoms with Gasteiger partial charge in [-0.25, -0.2) is 9.18 Å². The molecule has 1 aliphatic rings. The molecule has 37 heavy (non-hydrogen) atoms. The number of amides is 2. The number of piperidine rings is 1. The molecule has 206 valence electrons. The highest BCUT2D eigenvalue weighted by molar-refractivity contribution is 7.85. The Hall–Kier alpha value is -2.69. The van der Waals surface area contributed by atoms with Gasteiger partial charge in [0.1, 0.15) is 11.6 Å². The number of nitrogens with zero attached hydrogens (tertiary/aromatic N) is 2. The van der Waals surface area contributed by atoms with E-state index in [-0.39, 0.29) is 23.6 Å². The fraction of sp³-hybridized carbons (Fsp3) is 0.519. The predicted octanol–water partition coefficient (Wildman–Crippen LogP) is 4.56. The van der Waals surface area contributed by atoms with Gasteiger partial charge in [-0.05, 0) is 81.2 Å². The van der Waals surface area contributed by atoms with E-state index >= 15 is 0 Å². The highest BCUT2D eigenvalue weighted by atomic mass is 32.2. The van der Waals surface area contributed by atoms with Crippen LogP contribution in [-0.4, -0.2) is 67.3 Å². The smallest absolute Gasteiger partial charge is 0.318 e. The lowest BCUT2D eigenvalue weighted by atomic mass is 10.0. The first kappa shape index (κ1) is 30.5. The van der Waals surface area contributed by atoms with E-state index in [1.165, 1.54) is 19.1 Å².